The maximum absolute atomic E-state index is 9.31. The molecule has 0 bridgehead atoms. The average Bonchev–Trinajstić information content (AvgIpc) is 3.45. The number of hydrogen-bond acceptors (Lipinski definition) is 8. The third kappa shape index (κ3) is 21.1. The molecular formula is C35H73N5O3. The maximum atomic E-state index is 9.31. The van der Waals surface area contributed by atoms with E-state index in [9.17, 15) is 5.11 Å². The first kappa shape index (κ1) is 41.7. The summed E-state index contributed by atoms with van der Waals surface area (Å²) < 4.78 is 5.88. The van der Waals surface area contributed by atoms with Crippen LogP contribution in [0.25, 0.3) is 0 Å². The van der Waals surface area contributed by atoms with E-state index in [-0.39, 0.29) is 19.6 Å². The summed E-state index contributed by atoms with van der Waals surface area (Å²) in [6, 6.07) is 0. The molecule has 8 nitrogen and oxygen atoms in total. The van der Waals surface area contributed by atoms with Gasteiger partial charge in [-0.05, 0) is 121 Å². The first-order valence-electron chi connectivity index (χ1n) is 16.9. The van der Waals surface area contributed by atoms with E-state index >= 15 is 0 Å². The minimum absolute atomic E-state index is 0. The van der Waals surface area contributed by atoms with Gasteiger partial charge in [0.2, 0.25) is 0 Å². The number of nitrogens with one attached hydrogen (secondary N) is 3. The lowest BCUT2D eigenvalue weighted by Gasteiger charge is -2.44. The number of aliphatic hydroxyl groups excluding tert-OH is 2. The molecule has 7 N–H and O–H groups in total. The predicted octanol–water partition coefficient (Wildman–Crippen LogP) is 5.37. The zero-order valence-electron chi connectivity index (χ0n) is 28.1. The Morgan fingerprint density at radius 3 is 2.51 bits per heavy atom. The number of aliphatic hydroxyl groups is 2. The van der Waals surface area contributed by atoms with E-state index in [1.807, 2.05) is 12.4 Å². The summed E-state index contributed by atoms with van der Waals surface area (Å²) >= 11 is 0. The first-order chi connectivity index (χ1) is 20.0. The van der Waals surface area contributed by atoms with E-state index in [2.05, 4.69) is 62.0 Å². The summed E-state index contributed by atoms with van der Waals surface area (Å²) in [4.78, 5) is 2.25. The Bertz CT molecular complexity index is 714. The van der Waals surface area contributed by atoms with E-state index in [0.29, 0.717) is 25.0 Å². The van der Waals surface area contributed by atoms with Crippen molar-refractivity contribution in [1.29, 1.82) is 0 Å². The molecule has 2 aliphatic rings. The van der Waals surface area contributed by atoms with Gasteiger partial charge in [0.1, 0.15) is 0 Å². The Morgan fingerprint density at radius 1 is 1.16 bits per heavy atom. The van der Waals surface area contributed by atoms with Crippen LogP contribution in [0, 0.1) is 17.3 Å². The van der Waals surface area contributed by atoms with Crippen LogP contribution in [0.15, 0.2) is 24.7 Å². The molecule has 256 valence electrons. The topological polar surface area (TPSA) is 115 Å². The molecule has 2 rings (SSSR count). The van der Waals surface area contributed by atoms with E-state index in [1.54, 1.807) is 0 Å². The zero-order valence-corrected chi connectivity index (χ0v) is 28.1. The van der Waals surface area contributed by atoms with Gasteiger partial charge < -0.3 is 41.5 Å². The highest BCUT2D eigenvalue weighted by Gasteiger charge is 2.37. The molecule has 0 spiro atoms. The third-order valence-electron chi connectivity index (χ3n) is 8.64. The van der Waals surface area contributed by atoms with Crippen molar-refractivity contribution in [2.24, 2.45) is 23.0 Å². The van der Waals surface area contributed by atoms with Crippen molar-refractivity contribution in [1.82, 2.24) is 20.9 Å². The quantitative estimate of drug-likeness (QED) is 0.0961. The molecular weight excluding hydrogens is 538 g/mol. The predicted molar refractivity (Wildman–Crippen MR) is 185 cm³/mol. The van der Waals surface area contributed by atoms with Crippen LogP contribution < -0.4 is 21.7 Å². The van der Waals surface area contributed by atoms with E-state index in [4.69, 9.17) is 15.6 Å². The second kappa shape index (κ2) is 24.0. The van der Waals surface area contributed by atoms with Crippen molar-refractivity contribution < 1.29 is 14.9 Å². The molecule has 2 fully saturated rings. The van der Waals surface area contributed by atoms with Gasteiger partial charge in [-0.25, -0.2) is 0 Å². The molecule has 1 saturated carbocycles. The highest BCUT2D eigenvalue weighted by atomic mass is 16.5. The standard InChI is InChI=1S/C28H58N4O3.C6H11N.CH4/c1-6-32-27(3,4)18-24-16-23(2)17-28(5,19-24)11-9-14-35-15-13-31-21-25(29)20-30-12-8-7-10-26(34)22-33;1-2-7-5-3-4-6-7;/h21,23-24,26,30-34H,6-20,22,29H2,1-5H3;2H,1,3-6H2;1H4/b25-21-;;. The van der Waals surface area contributed by atoms with Gasteiger partial charge in [0.15, 0.2) is 0 Å². The Morgan fingerprint density at radius 2 is 1.88 bits per heavy atom. The molecule has 4 atom stereocenters. The van der Waals surface area contributed by atoms with E-state index in [1.165, 1.54) is 58.0 Å². The summed E-state index contributed by atoms with van der Waals surface area (Å²) in [6.45, 7) is 22.6. The van der Waals surface area contributed by atoms with Crippen LogP contribution in [0.3, 0.4) is 0 Å². The van der Waals surface area contributed by atoms with Gasteiger partial charge in [0, 0.05) is 50.2 Å². The minimum Gasteiger partial charge on any atom is -0.400 e. The van der Waals surface area contributed by atoms with Gasteiger partial charge in [0.25, 0.3) is 0 Å². The lowest BCUT2D eigenvalue weighted by atomic mass is 9.63. The van der Waals surface area contributed by atoms with Crippen LogP contribution in [-0.4, -0.2) is 85.8 Å². The van der Waals surface area contributed by atoms with Crippen molar-refractivity contribution in [3.8, 4) is 0 Å². The van der Waals surface area contributed by atoms with Gasteiger partial charge in [-0.15, -0.1) is 0 Å². The molecule has 0 aromatic rings. The second-order valence-electron chi connectivity index (χ2n) is 13.9. The lowest BCUT2D eigenvalue weighted by Crippen LogP contribution is -2.43. The van der Waals surface area contributed by atoms with Crippen molar-refractivity contribution >= 4 is 0 Å². The number of likely N-dealkylation sites (tertiary alicyclic amines) is 1. The Balaban J connectivity index is 0.00000192. The average molecular weight is 612 g/mol. The van der Waals surface area contributed by atoms with Crippen LogP contribution in [0.2, 0.25) is 0 Å². The summed E-state index contributed by atoms with van der Waals surface area (Å²) in [6.07, 6.45) is 16.1. The number of ether oxygens (including phenoxy) is 1. The van der Waals surface area contributed by atoms with Crippen molar-refractivity contribution in [2.75, 3.05) is 59.1 Å². The molecule has 8 heteroatoms. The normalized spacial score (nSPS) is 23.2. The van der Waals surface area contributed by atoms with Gasteiger partial charge in [-0.2, -0.15) is 0 Å². The fourth-order valence-electron chi connectivity index (χ4n) is 6.96. The van der Waals surface area contributed by atoms with Crippen LogP contribution in [0.1, 0.15) is 113 Å². The maximum Gasteiger partial charge on any atom is 0.0770 e. The highest BCUT2D eigenvalue weighted by molar-refractivity contribution is 4.97. The molecule has 0 aromatic carbocycles. The Kier molecular flexibility index (Phi) is 23.2. The molecule has 0 radical (unpaired) electrons. The second-order valence-corrected chi connectivity index (χ2v) is 13.9. The molecule has 1 saturated heterocycles. The van der Waals surface area contributed by atoms with E-state index in [0.717, 1.165) is 63.0 Å². The lowest BCUT2D eigenvalue weighted by molar-refractivity contribution is 0.0679. The van der Waals surface area contributed by atoms with Crippen molar-refractivity contribution in [3.63, 3.8) is 0 Å². The molecule has 0 aromatic heterocycles. The van der Waals surface area contributed by atoms with Crippen LogP contribution in [0.5, 0.6) is 0 Å². The fraction of sp³-hybridized carbons (Fsp3) is 0.886. The number of nitrogens with two attached hydrogens (primary N) is 1. The number of rotatable bonds is 21. The molecule has 0 amide bonds. The smallest absolute Gasteiger partial charge is 0.0770 e. The Labute approximate surface area is 266 Å². The van der Waals surface area contributed by atoms with Gasteiger partial charge in [0.05, 0.1) is 19.3 Å². The fourth-order valence-corrected chi connectivity index (χ4v) is 6.96. The zero-order chi connectivity index (χ0) is 31.3. The molecule has 1 aliphatic heterocycles. The van der Waals surface area contributed by atoms with Crippen LogP contribution >= 0.6 is 0 Å². The Hall–Kier alpha value is -1.32. The monoisotopic (exact) mass is 612 g/mol. The molecule has 1 heterocycles. The van der Waals surface area contributed by atoms with Gasteiger partial charge >= 0.3 is 0 Å². The number of unbranched alkanes of at least 4 members (excludes halogenated alkanes) is 1. The summed E-state index contributed by atoms with van der Waals surface area (Å²) in [7, 11) is 0. The minimum atomic E-state index is -0.594. The van der Waals surface area contributed by atoms with E-state index < -0.39 is 6.10 Å². The van der Waals surface area contributed by atoms with Gasteiger partial charge in [-0.3, -0.25) is 0 Å². The summed E-state index contributed by atoms with van der Waals surface area (Å²) in [5.41, 5.74) is 7.45. The highest BCUT2D eigenvalue weighted by Crippen LogP contribution is 2.47. The molecule has 43 heavy (non-hydrogen) atoms. The summed E-state index contributed by atoms with van der Waals surface area (Å²) in [5, 5.41) is 28.3. The number of hydrogen-bond donors (Lipinski definition) is 6. The first-order valence-corrected chi connectivity index (χ1v) is 16.9. The largest absolute Gasteiger partial charge is 0.400 e. The van der Waals surface area contributed by atoms with Gasteiger partial charge in [-0.1, -0.05) is 34.8 Å². The summed E-state index contributed by atoms with van der Waals surface area (Å²) in [5.74, 6) is 1.63. The molecule has 4 unspecified atom stereocenters. The van der Waals surface area contributed by atoms with Crippen molar-refractivity contribution in [3.05, 3.63) is 24.7 Å². The van der Waals surface area contributed by atoms with Crippen LogP contribution in [0.4, 0.5) is 0 Å². The third-order valence-corrected chi connectivity index (χ3v) is 8.64. The van der Waals surface area contributed by atoms with Crippen molar-refractivity contribution in [2.45, 2.75) is 124 Å². The molecule has 1 aliphatic carbocycles. The SMILES string of the molecule is C.C=CN1CCCC1.CCNC(C)(C)CC1CC(C)CC(C)(CCCOCCN/C=C(\N)CNCCCCC(O)CO)C1. The van der Waals surface area contributed by atoms with Crippen LogP contribution in [-0.2, 0) is 4.74 Å². The number of nitrogens with zero attached hydrogens (tertiary/aromatic N) is 1.